The van der Waals surface area contributed by atoms with Gasteiger partial charge in [0.05, 0.1) is 10.7 Å². The lowest BCUT2D eigenvalue weighted by Gasteiger charge is -2.29. The number of rotatable bonds is 5. The fraction of sp³-hybridized carbons (Fsp3) is 0.588. The molecule has 1 saturated carbocycles. The van der Waals surface area contributed by atoms with E-state index in [1.165, 1.54) is 48.6 Å². The molecule has 2 aromatic rings. The van der Waals surface area contributed by atoms with Crippen LogP contribution in [0.5, 0.6) is 0 Å². The maximum absolute atomic E-state index is 4.69. The van der Waals surface area contributed by atoms with Gasteiger partial charge < -0.3 is 5.32 Å². The summed E-state index contributed by atoms with van der Waals surface area (Å²) in [5.41, 5.74) is 3.29. The van der Waals surface area contributed by atoms with Crippen molar-refractivity contribution in [2.45, 2.75) is 45.3 Å². The summed E-state index contributed by atoms with van der Waals surface area (Å²) in [5, 5.41) is 11.4. The highest BCUT2D eigenvalue weighted by Gasteiger charge is 2.56. The third-order valence-electron chi connectivity index (χ3n) is 5.18. The SMILES string of the molecule is Cc1nc(CN(Cc2ccsc2)[C@H]2CC23CCNCC3)cs1. The molecule has 4 rings (SSSR count). The lowest BCUT2D eigenvalue weighted by molar-refractivity contribution is 0.186. The predicted octanol–water partition coefficient (Wildman–Crippen LogP) is 3.66. The topological polar surface area (TPSA) is 28.2 Å². The van der Waals surface area contributed by atoms with Crippen molar-refractivity contribution < 1.29 is 0 Å². The van der Waals surface area contributed by atoms with E-state index < -0.39 is 0 Å². The lowest BCUT2D eigenvalue weighted by Crippen LogP contribution is -2.35. The molecular formula is C17H23N3S2. The number of aromatic nitrogens is 1. The highest BCUT2D eigenvalue weighted by molar-refractivity contribution is 7.09. The third-order valence-corrected chi connectivity index (χ3v) is 6.74. The molecule has 5 heteroatoms. The Balaban J connectivity index is 1.50. The third kappa shape index (κ3) is 3.00. The van der Waals surface area contributed by atoms with Crippen LogP contribution >= 0.6 is 22.7 Å². The molecule has 2 aliphatic rings. The number of piperidine rings is 1. The number of thiophene rings is 1. The van der Waals surface area contributed by atoms with E-state index in [4.69, 9.17) is 4.98 Å². The summed E-state index contributed by atoms with van der Waals surface area (Å²) >= 11 is 3.57. The molecular weight excluding hydrogens is 310 g/mol. The maximum Gasteiger partial charge on any atom is 0.0897 e. The minimum atomic E-state index is 0.590. The monoisotopic (exact) mass is 333 g/mol. The molecule has 2 fully saturated rings. The van der Waals surface area contributed by atoms with Crippen LogP contribution < -0.4 is 5.32 Å². The molecule has 3 heterocycles. The number of thiazole rings is 1. The highest BCUT2D eigenvalue weighted by atomic mass is 32.1. The van der Waals surface area contributed by atoms with Crippen molar-refractivity contribution in [3.63, 3.8) is 0 Å². The quantitative estimate of drug-likeness (QED) is 0.905. The second-order valence-corrected chi connectivity index (χ2v) is 8.57. The van der Waals surface area contributed by atoms with Crippen LogP contribution in [0, 0.1) is 12.3 Å². The highest BCUT2D eigenvalue weighted by Crippen LogP contribution is 2.56. The molecule has 1 N–H and O–H groups in total. The van der Waals surface area contributed by atoms with Gasteiger partial charge in [-0.1, -0.05) is 0 Å². The van der Waals surface area contributed by atoms with Crippen molar-refractivity contribution in [1.82, 2.24) is 15.2 Å². The molecule has 0 unspecified atom stereocenters. The van der Waals surface area contributed by atoms with Crippen LogP contribution in [0.4, 0.5) is 0 Å². The average molecular weight is 334 g/mol. The zero-order valence-electron chi connectivity index (χ0n) is 13.0. The van der Waals surface area contributed by atoms with Gasteiger partial charge in [0.15, 0.2) is 0 Å². The molecule has 22 heavy (non-hydrogen) atoms. The minimum Gasteiger partial charge on any atom is -0.317 e. The molecule has 118 valence electrons. The van der Waals surface area contributed by atoms with Gasteiger partial charge in [-0.3, -0.25) is 4.90 Å². The Bertz CT molecular complexity index is 614. The van der Waals surface area contributed by atoms with E-state index in [2.05, 4.69) is 39.3 Å². The Morgan fingerprint density at radius 1 is 1.32 bits per heavy atom. The first-order valence-corrected chi connectivity index (χ1v) is 9.94. The molecule has 2 aromatic heterocycles. The summed E-state index contributed by atoms with van der Waals surface area (Å²) in [7, 11) is 0. The number of nitrogens with zero attached hydrogens (tertiary/aromatic N) is 2. The van der Waals surface area contributed by atoms with Crippen molar-refractivity contribution in [2.24, 2.45) is 5.41 Å². The van der Waals surface area contributed by atoms with Crippen LogP contribution in [0.1, 0.15) is 35.5 Å². The first kappa shape index (κ1) is 14.8. The van der Waals surface area contributed by atoms with Gasteiger partial charge >= 0.3 is 0 Å². The van der Waals surface area contributed by atoms with E-state index in [-0.39, 0.29) is 0 Å². The van der Waals surface area contributed by atoms with Gasteiger partial charge in [0, 0.05) is 24.5 Å². The first-order valence-electron chi connectivity index (χ1n) is 8.12. The van der Waals surface area contributed by atoms with Gasteiger partial charge in [-0.05, 0) is 67.1 Å². The second-order valence-electron chi connectivity index (χ2n) is 6.73. The summed E-state index contributed by atoms with van der Waals surface area (Å²) in [6, 6.07) is 3.01. The first-order chi connectivity index (χ1) is 10.8. The van der Waals surface area contributed by atoms with Gasteiger partial charge in [0.2, 0.25) is 0 Å². The Hall–Kier alpha value is -0.750. The van der Waals surface area contributed by atoms with E-state index in [0.29, 0.717) is 5.41 Å². The van der Waals surface area contributed by atoms with Gasteiger partial charge in [-0.2, -0.15) is 11.3 Å². The van der Waals surface area contributed by atoms with E-state index in [1.807, 2.05) is 0 Å². The normalized spacial score (nSPS) is 23.3. The molecule has 1 spiro atoms. The van der Waals surface area contributed by atoms with E-state index >= 15 is 0 Å². The van der Waals surface area contributed by atoms with Gasteiger partial charge in [0.25, 0.3) is 0 Å². The van der Waals surface area contributed by atoms with E-state index in [1.54, 1.807) is 22.7 Å². The van der Waals surface area contributed by atoms with Crippen molar-refractivity contribution >= 4 is 22.7 Å². The van der Waals surface area contributed by atoms with Crippen LogP contribution in [0.25, 0.3) is 0 Å². The molecule has 1 atom stereocenters. The summed E-state index contributed by atoms with van der Waals surface area (Å²) < 4.78 is 0. The standard InChI is InChI=1S/C17H23N3S2/c1-13-19-15(12-22-13)10-20(9-14-2-7-21-11-14)16-8-17(16)3-5-18-6-4-17/h2,7,11-12,16,18H,3-6,8-10H2,1H3/t16-/m0/s1. The number of hydrogen-bond acceptors (Lipinski definition) is 5. The Labute approximate surface area is 140 Å². The average Bonchev–Trinajstić information content (AvgIpc) is 2.90. The molecule has 1 aliphatic carbocycles. The number of hydrogen-bond donors (Lipinski definition) is 1. The summed E-state index contributed by atoms with van der Waals surface area (Å²) in [6.07, 6.45) is 4.06. The van der Waals surface area contributed by atoms with E-state index in [9.17, 15) is 0 Å². The van der Waals surface area contributed by atoms with Gasteiger partial charge in [-0.15, -0.1) is 11.3 Å². The zero-order valence-corrected chi connectivity index (χ0v) is 14.7. The summed E-state index contributed by atoms with van der Waals surface area (Å²) in [6.45, 7) is 6.56. The Morgan fingerprint density at radius 2 is 2.18 bits per heavy atom. The maximum atomic E-state index is 4.69. The van der Waals surface area contributed by atoms with Crippen LogP contribution in [0.2, 0.25) is 0 Å². The van der Waals surface area contributed by atoms with Crippen molar-refractivity contribution in [2.75, 3.05) is 13.1 Å². The smallest absolute Gasteiger partial charge is 0.0897 e. The second kappa shape index (κ2) is 6.04. The summed E-state index contributed by atoms with van der Waals surface area (Å²) in [5.74, 6) is 0. The van der Waals surface area contributed by atoms with Crippen LogP contribution in [0.3, 0.4) is 0 Å². The van der Waals surface area contributed by atoms with Crippen LogP contribution in [-0.2, 0) is 13.1 Å². The molecule has 0 bridgehead atoms. The fourth-order valence-corrected chi connectivity index (χ4v) is 5.15. The van der Waals surface area contributed by atoms with Gasteiger partial charge in [0.1, 0.15) is 0 Å². The molecule has 1 aliphatic heterocycles. The van der Waals surface area contributed by atoms with E-state index in [0.717, 1.165) is 19.1 Å². The van der Waals surface area contributed by atoms with Crippen LogP contribution in [0.15, 0.2) is 22.2 Å². The molecule has 0 amide bonds. The van der Waals surface area contributed by atoms with Crippen molar-refractivity contribution in [1.29, 1.82) is 0 Å². The molecule has 3 nitrogen and oxygen atoms in total. The zero-order chi connectivity index (χ0) is 15.0. The number of nitrogens with one attached hydrogen (secondary N) is 1. The Kier molecular flexibility index (Phi) is 4.07. The fourth-order valence-electron chi connectivity index (χ4n) is 3.89. The summed E-state index contributed by atoms with van der Waals surface area (Å²) in [4.78, 5) is 7.37. The minimum absolute atomic E-state index is 0.590. The lowest BCUT2D eigenvalue weighted by atomic mass is 9.93. The molecule has 0 radical (unpaired) electrons. The predicted molar refractivity (Wildman–Crippen MR) is 93.4 cm³/mol. The van der Waals surface area contributed by atoms with Crippen molar-refractivity contribution in [3.05, 3.63) is 38.5 Å². The Morgan fingerprint density at radius 3 is 2.86 bits per heavy atom. The van der Waals surface area contributed by atoms with Gasteiger partial charge in [-0.25, -0.2) is 4.98 Å². The van der Waals surface area contributed by atoms with Crippen molar-refractivity contribution in [3.8, 4) is 0 Å². The molecule has 0 aromatic carbocycles. The molecule has 1 saturated heterocycles. The van der Waals surface area contributed by atoms with Crippen LogP contribution in [-0.4, -0.2) is 29.0 Å². The number of aryl methyl sites for hydroxylation is 1. The largest absolute Gasteiger partial charge is 0.317 e.